The Kier molecular flexibility index (Phi) is 6.77. The van der Waals surface area contributed by atoms with E-state index in [1.807, 2.05) is 56.3 Å². The summed E-state index contributed by atoms with van der Waals surface area (Å²) in [5.74, 6) is 0.389. The predicted octanol–water partition coefficient (Wildman–Crippen LogP) is 4.82. The lowest BCUT2D eigenvalue weighted by molar-refractivity contribution is -0.115. The molecule has 2 N–H and O–H groups in total. The zero-order chi connectivity index (χ0) is 21.0. The van der Waals surface area contributed by atoms with Crippen molar-refractivity contribution in [2.24, 2.45) is 0 Å². The maximum Gasteiger partial charge on any atom is 0.255 e. The number of rotatable bonds is 6. The zero-order valence-electron chi connectivity index (χ0n) is 16.5. The Hall–Kier alpha value is -2.57. The average Bonchev–Trinajstić information content (AvgIpc) is 2.62. The third-order valence-electron chi connectivity index (χ3n) is 4.31. The third kappa shape index (κ3) is 5.95. The monoisotopic (exact) mass is 427 g/mol. The molecule has 0 saturated carbocycles. The molecule has 3 aromatic rings. The molecule has 0 fully saturated rings. The molecular weight excluding hydrogens is 406 g/mol. The molecule has 150 valence electrons. The summed E-state index contributed by atoms with van der Waals surface area (Å²) in [6.45, 7) is 5.69. The highest BCUT2D eigenvalue weighted by Gasteiger charge is 2.13. The first kappa shape index (κ1) is 21.1. The van der Waals surface area contributed by atoms with E-state index in [1.54, 1.807) is 6.92 Å². The SMILES string of the molecule is Cc1cc(C)cc(NC(=O)Cc2c(C)nc(SCc3cccc(Cl)c3)[nH]c2=O)c1. The molecule has 0 spiro atoms. The third-order valence-corrected chi connectivity index (χ3v) is 5.49. The summed E-state index contributed by atoms with van der Waals surface area (Å²) in [5.41, 5.74) is 4.54. The second-order valence-electron chi connectivity index (χ2n) is 6.95. The fourth-order valence-electron chi connectivity index (χ4n) is 3.05. The Labute approximate surface area is 178 Å². The first-order valence-electron chi connectivity index (χ1n) is 9.15. The van der Waals surface area contributed by atoms with Crippen molar-refractivity contribution in [2.75, 3.05) is 5.32 Å². The van der Waals surface area contributed by atoms with Crippen LogP contribution in [0.2, 0.25) is 5.02 Å². The van der Waals surface area contributed by atoms with E-state index >= 15 is 0 Å². The largest absolute Gasteiger partial charge is 0.326 e. The van der Waals surface area contributed by atoms with Gasteiger partial charge in [-0.05, 0) is 61.7 Å². The van der Waals surface area contributed by atoms with Crippen LogP contribution < -0.4 is 10.9 Å². The molecule has 1 heterocycles. The summed E-state index contributed by atoms with van der Waals surface area (Å²) in [4.78, 5) is 32.2. The Bertz CT molecular complexity index is 1090. The number of nitrogens with one attached hydrogen (secondary N) is 2. The highest BCUT2D eigenvalue weighted by Crippen LogP contribution is 2.21. The second-order valence-corrected chi connectivity index (χ2v) is 8.36. The number of carbonyl (C=O) groups is 1. The maximum atomic E-state index is 12.5. The second kappa shape index (κ2) is 9.29. The molecule has 2 aromatic carbocycles. The van der Waals surface area contributed by atoms with Crippen molar-refractivity contribution < 1.29 is 4.79 Å². The molecule has 1 aromatic heterocycles. The van der Waals surface area contributed by atoms with Crippen LogP contribution in [0.4, 0.5) is 5.69 Å². The molecule has 0 bridgehead atoms. The number of H-pyrrole nitrogens is 1. The van der Waals surface area contributed by atoms with Crippen molar-refractivity contribution in [2.45, 2.75) is 38.1 Å². The van der Waals surface area contributed by atoms with Gasteiger partial charge in [0, 0.05) is 27.7 Å². The lowest BCUT2D eigenvalue weighted by Gasteiger charge is -2.09. The molecule has 0 aliphatic rings. The van der Waals surface area contributed by atoms with E-state index in [-0.39, 0.29) is 17.9 Å². The van der Waals surface area contributed by atoms with Crippen LogP contribution in [-0.2, 0) is 17.0 Å². The van der Waals surface area contributed by atoms with Crippen LogP contribution in [0.15, 0.2) is 52.4 Å². The molecule has 5 nitrogen and oxygen atoms in total. The van der Waals surface area contributed by atoms with Crippen LogP contribution >= 0.6 is 23.4 Å². The minimum atomic E-state index is -0.290. The van der Waals surface area contributed by atoms with Crippen LogP contribution in [-0.4, -0.2) is 15.9 Å². The molecule has 0 unspecified atom stereocenters. The Morgan fingerprint density at radius 3 is 2.52 bits per heavy atom. The summed E-state index contributed by atoms with van der Waals surface area (Å²) in [6, 6.07) is 13.4. The summed E-state index contributed by atoms with van der Waals surface area (Å²) >= 11 is 7.42. The summed E-state index contributed by atoms with van der Waals surface area (Å²) in [7, 11) is 0. The summed E-state index contributed by atoms with van der Waals surface area (Å²) in [6.07, 6.45) is -0.0274. The number of amides is 1. The smallest absolute Gasteiger partial charge is 0.255 e. The van der Waals surface area contributed by atoms with Gasteiger partial charge in [-0.15, -0.1) is 0 Å². The van der Waals surface area contributed by atoms with Gasteiger partial charge in [-0.3, -0.25) is 9.59 Å². The number of thioether (sulfide) groups is 1. The highest BCUT2D eigenvalue weighted by molar-refractivity contribution is 7.98. The van der Waals surface area contributed by atoms with Crippen molar-refractivity contribution in [3.8, 4) is 0 Å². The van der Waals surface area contributed by atoms with Crippen LogP contribution in [0.5, 0.6) is 0 Å². The van der Waals surface area contributed by atoms with Crippen molar-refractivity contribution in [1.82, 2.24) is 9.97 Å². The van der Waals surface area contributed by atoms with E-state index in [0.717, 1.165) is 22.4 Å². The summed E-state index contributed by atoms with van der Waals surface area (Å²) < 4.78 is 0. The van der Waals surface area contributed by atoms with Gasteiger partial charge in [0.05, 0.1) is 6.42 Å². The normalized spacial score (nSPS) is 10.8. The van der Waals surface area contributed by atoms with Crippen LogP contribution in [0, 0.1) is 20.8 Å². The predicted molar refractivity (Wildman–Crippen MR) is 119 cm³/mol. The lowest BCUT2D eigenvalue weighted by Crippen LogP contribution is -2.23. The van der Waals surface area contributed by atoms with Gasteiger partial charge in [0.15, 0.2) is 5.16 Å². The molecular formula is C22H22ClN3O2S. The summed E-state index contributed by atoms with van der Waals surface area (Å²) in [5, 5.41) is 4.05. The maximum absolute atomic E-state index is 12.5. The molecule has 1 amide bonds. The van der Waals surface area contributed by atoms with Crippen LogP contribution in [0.1, 0.15) is 27.9 Å². The Morgan fingerprint density at radius 2 is 1.86 bits per heavy atom. The molecule has 29 heavy (non-hydrogen) atoms. The van der Waals surface area contributed by atoms with Gasteiger partial charge in [-0.2, -0.15) is 0 Å². The molecule has 7 heteroatoms. The van der Waals surface area contributed by atoms with E-state index in [1.165, 1.54) is 11.8 Å². The number of carbonyl (C=O) groups excluding carboxylic acids is 1. The van der Waals surface area contributed by atoms with Crippen LogP contribution in [0.3, 0.4) is 0 Å². The van der Waals surface area contributed by atoms with E-state index in [9.17, 15) is 9.59 Å². The minimum absolute atomic E-state index is 0.0274. The fourth-order valence-corrected chi connectivity index (χ4v) is 4.11. The van der Waals surface area contributed by atoms with Gasteiger partial charge >= 0.3 is 0 Å². The van der Waals surface area contributed by atoms with Crippen LogP contribution in [0.25, 0.3) is 0 Å². The molecule has 3 rings (SSSR count). The highest BCUT2D eigenvalue weighted by atomic mass is 35.5. The average molecular weight is 428 g/mol. The van der Waals surface area contributed by atoms with Gasteiger partial charge in [-0.25, -0.2) is 4.98 Å². The number of nitrogens with zero attached hydrogens (tertiary/aromatic N) is 1. The van der Waals surface area contributed by atoms with Gasteiger partial charge in [0.1, 0.15) is 0 Å². The lowest BCUT2D eigenvalue weighted by atomic mass is 10.1. The van der Waals surface area contributed by atoms with Gasteiger partial charge in [0.2, 0.25) is 5.91 Å². The quantitative estimate of drug-likeness (QED) is 0.436. The number of aromatic amines is 1. The standard InChI is InChI=1S/C22H22ClN3O2S/c1-13-7-14(2)9-18(8-13)25-20(27)11-19-15(3)24-22(26-21(19)28)29-12-16-5-4-6-17(23)10-16/h4-10H,11-12H2,1-3H3,(H,25,27)(H,24,26,28). The topological polar surface area (TPSA) is 74.8 Å². The Morgan fingerprint density at radius 1 is 1.14 bits per heavy atom. The van der Waals surface area contributed by atoms with Crippen molar-refractivity contribution in [3.63, 3.8) is 0 Å². The first-order chi connectivity index (χ1) is 13.8. The first-order valence-corrected chi connectivity index (χ1v) is 10.5. The van der Waals surface area contributed by atoms with E-state index in [2.05, 4.69) is 15.3 Å². The number of benzene rings is 2. The zero-order valence-corrected chi connectivity index (χ0v) is 18.1. The van der Waals surface area contributed by atoms with E-state index < -0.39 is 0 Å². The van der Waals surface area contributed by atoms with Gasteiger partial charge in [0.25, 0.3) is 5.56 Å². The molecule has 0 radical (unpaired) electrons. The minimum Gasteiger partial charge on any atom is -0.326 e. The molecule has 0 aliphatic carbocycles. The van der Waals surface area contributed by atoms with Gasteiger partial charge in [-0.1, -0.05) is 41.6 Å². The van der Waals surface area contributed by atoms with E-state index in [4.69, 9.17) is 11.6 Å². The number of halogens is 1. The molecule has 0 saturated heterocycles. The number of hydrogen-bond acceptors (Lipinski definition) is 4. The molecule has 0 atom stereocenters. The number of aryl methyl sites for hydroxylation is 3. The molecule has 0 aliphatic heterocycles. The van der Waals surface area contributed by atoms with Crippen molar-refractivity contribution in [1.29, 1.82) is 0 Å². The Balaban J connectivity index is 1.68. The number of anilines is 1. The fraction of sp³-hybridized carbons (Fsp3) is 0.227. The van der Waals surface area contributed by atoms with E-state index in [0.29, 0.717) is 27.2 Å². The number of hydrogen-bond donors (Lipinski definition) is 2. The van der Waals surface area contributed by atoms with Crippen molar-refractivity contribution >= 4 is 35.0 Å². The van der Waals surface area contributed by atoms with Crippen molar-refractivity contribution in [3.05, 3.63) is 85.8 Å². The number of aromatic nitrogens is 2. The van der Waals surface area contributed by atoms with Gasteiger partial charge < -0.3 is 10.3 Å².